The minimum absolute atomic E-state index is 0.0377. The van der Waals surface area contributed by atoms with Crippen molar-refractivity contribution in [3.05, 3.63) is 35.9 Å². The van der Waals surface area contributed by atoms with Crippen LogP contribution in [0.3, 0.4) is 0 Å². The van der Waals surface area contributed by atoms with Gasteiger partial charge in [0.25, 0.3) is 0 Å². The molecule has 0 bridgehead atoms. The third kappa shape index (κ3) is 5.46. The standard InChI is InChI=1S/C19H29N3O3/c1-4-15(2)17(18(23)25-3)20-19(24)22-12-10-21(11-13-22)14-16-8-6-5-7-9-16/h5-9,15,17H,4,10-14H2,1-3H3,(H,20,24)/t15-,17-/m0/s1. The largest absolute Gasteiger partial charge is 0.467 e. The van der Waals surface area contributed by atoms with Gasteiger partial charge < -0.3 is 15.0 Å². The van der Waals surface area contributed by atoms with Gasteiger partial charge in [-0.15, -0.1) is 0 Å². The van der Waals surface area contributed by atoms with E-state index in [-0.39, 0.29) is 17.9 Å². The second kappa shape index (κ2) is 9.42. The highest BCUT2D eigenvalue weighted by atomic mass is 16.5. The molecule has 0 radical (unpaired) electrons. The van der Waals surface area contributed by atoms with Gasteiger partial charge in [0.1, 0.15) is 6.04 Å². The first-order valence-corrected chi connectivity index (χ1v) is 8.94. The van der Waals surface area contributed by atoms with Crippen molar-refractivity contribution in [2.24, 2.45) is 5.92 Å². The Labute approximate surface area is 150 Å². The van der Waals surface area contributed by atoms with E-state index in [1.165, 1.54) is 12.7 Å². The predicted octanol–water partition coefficient (Wildman–Crippen LogP) is 2.10. The molecule has 1 fully saturated rings. The van der Waals surface area contributed by atoms with Crippen LogP contribution < -0.4 is 5.32 Å². The van der Waals surface area contributed by atoms with Gasteiger partial charge in [-0.25, -0.2) is 9.59 Å². The van der Waals surface area contributed by atoms with Crippen molar-refractivity contribution in [1.82, 2.24) is 15.1 Å². The summed E-state index contributed by atoms with van der Waals surface area (Å²) in [6.45, 7) is 7.81. The van der Waals surface area contributed by atoms with E-state index in [2.05, 4.69) is 22.3 Å². The molecule has 0 spiro atoms. The Morgan fingerprint density at radius 2 is 1.80 bits per heavy atom. The Morgan fingerprint density at radius 1 is 1.16 bits per heavy atom. The molecule has 0 aromatic heterocycles. The summed E-state index contributed by atoms with van der Waals surface area (Å²) in [5, 5.41) is 2.85. The Hall–Kier alpha value is -2.08. The zero-order chi connectivity index (χ0) is 18.2. The molecule has 2 rings (SSSR count). The van der Waals surface area contributed by atoms with Gasteiger partial charge in [0, 0.05) is 32.7 Å². The average molecular weight is 347 g/mol. The van der Waals surface area contributed by atoms with Gasteiger partial charge in [0.05, 0.1) is 7.11 Å². The molecule has 1 aliphatic rings. The highest BCUT2D eigenvalue weighted by Gasteiger charge is 2.29. The Bertz CT molecular complexity index is 556. The summed E-state index contributed by atoms with van der Waals surface area (Å²) in [7, 11) is 1.35. The van der Waals surface area contributed by atoms with Gasteiger partial charge in [0.15, 0.2) is 0 Å². The molecule has 0 saturated carbocycles. The topological polar surface area (TPSA) is 61.9 Å². The van der Waals surface area contributed by atoms with Crippen LogP contribution in [0.4, 0.5) is 4.79 Å². The van der Waals surface area contributed by atoms with E-state index < -0.39 is 6.04 Å². The maximum Gasteiger partial charge on any atom is 0.328 e. The van der Waals surface area contributed by atoms with Crippen molar-refractivity contribution in [3.8, 4) is 0 Å². The number of rotatable bonds is 6. The Kier molecular flexibility index (Phi) is 7.25. The molecule has 1 heterocycles. The van der Waals surface area contributed by atoms with E-state index in [0.29, 0.717) is 13.1 Å². The molecule has 1 aliphatic heterocycles. The van der Waals surface area contributed by atoms with Crippen LogP contribution >= 0.6 is 0 Å². The number of piperazine rings is 1. The third-order valence-corrected chi connectivity index (χ3v) is 4.86. The van der Waals surface area contributed by atoms with Crippen molar-refractivity contribution < 1.29 is 14.3 Å². The van der Waals surface area contributed by atoms with Gasteiger partial charge in [-0.05, 0) is 11.5 Å². The quantitative estimate of drug-likeness (QED) is 0.801. The summed E-state index contributed by atoms with van der Waals surface area (Å²) < 4.78 is 4.83. The van der Waals surface area contributed by atoms with Crippen LogP contribution in [0.1, 0.15) is 25.8 Å². The minimum atomic E-state index is -0.593. The van der Waals surface area contributed by atoms with Crippen molar-refractivity contribution in [2.75, 3.05) is 33.3 Å². The highest BCUT2D eigenvalue weighted by molar-refractivity contribution is 5.83. The molecule has 1 saturated heterocycles. The molecule has 2 atom stereocenters. The first-order chi connectivity index (χ1) is 12.0. The van der Waals surface area contributed by atoms with Crippen molar-refractivity contribution >= 4 is 12.0 Å². The number of carbonyl (C=O) groups excluding carboxylic acids is 2. The monoisotopic (exact) mass is 347 g/mol. The lowest BCUT2D eigenvalue weighted by Crippen LogP contribution is -2.55. The van der Waals surface area contributed by atoms with Crippen LogP contribution in [0.15, 0.2) is 30.3 Å². The van der Waals surface area contributed by atoms with Crippen LogP contribution in [0, 0.1) is 5.92 Å². The number of methoxy groups -OCH3 is 1. The SMILES string of the molecule is CC[C@H](C)[C@H](NC(=O)N1CCN(Cc2ccccc2)CC1)C(=O)OC. The maximum atomic E-state index is 12.5. The van der Waals surface area contributed by atoms with Gasteiger partial charge >= 0.3 is 12.0 Å². The first-order valence-electron chi connectivity index (χ1n) is 8.94. The average Bonchev–Trinajstić information content (AvgIpc) is 2.66. The molecule has 2 amide bonds. The van der Waals surface area contributed by atoms with E-state index in [4.69, 9.17) is 4.74 Å². The fourth-order valence-electron chi connectivity index (χ4n) is 2.97. The van der Waals surface area contributed by atoms with Crippen LogP contribution in [-0.2, 0) is 16.1 Å². The molecule has 138 valence electrons. The fraction of sp³-hybridized carbons (Fsp3) is 0.579. The molecular formula is C19H29N3O3. The zero-order valence-corrected chi connectivity index (χ0v) is 15.4. The summed E-state index contributed by atoms with van der Waals surface area (Å²) in [4.78, 5) is 28.5. The predicted molar refractivity (Wildman–Crippen MR) is 97.1 cm³/mol. The first kappa shape index (κ1) is 19.2. The second-order valence-corrected chi connectivity index (χ2v) is 6.58. The van der Waals surface area contributed by atoms with Crippen LogP contribution in [0.25, 0.3) is 0 Å². The number of carbonyl (C=O) groups is 2. The van der Waals surface area contributed by atoms with E-state index in [9.17, 15) is 9.59 Å². The fourth-order valence-corrected chi connectivity index (χ4v) is 2.97. The second-order valence-electron chi connectivity index (χ2n) is 6.58. The van der Waals surface area contributed by atoms with Gasteiger partial charge in [-0.2, -0.15) is 0 Å². The molecule has 25 heavy (non-hydrogen) atoms. The molecule has 0 unspecified atom stereocenters. The summed E-state index contributed by atoms with van der Waals surface area (Å²) in [6.07, 6.45) is 0.797. The van der Waals surface area contributed by atoms with Gasteiger partial charge in [-0.3, -0.25) is 4.90 Å². The summed E-state index contributed by atoms with van der Waals surface area (Å²) in [5.41, 5.74) is 1.28. The number of urea groups is 1. The van der Waals surface area contributed by atoms with E-state index in [1.54, 1.807) is 4.90 Å². The van der Waals surface area contributed by atoms with Crippen LogP contribution in [-0.4, -0.2) is 61.1 Å². The molecule has 1 aromatic carbocycles. The smallest absolute Gasteiger partial charge is 0.328 e. The number of nitrogens with one attached hydrogen (secondary N) is 1. The number of hydrogen-bond donors (Lipinski definition) is 1. The molecule has 6 heteroatoms. The van der Waals surface area contributed by atoms with Gasteiger partial charge in [0.2, 0.25) is 0 Å². The van der Waals surface area contributed by atoms with Gasteiger partial charge in [-0.1, -0.05) is 50.6 Å². The van der Waals surface area contributed by atoms with Crippen LogP contribution in [0.5, 0.6) is 0 Å². The normalized spacial score (nSPS) is 17.6. The number of ether oxygens (including phenoxy) is 1. The number of esters is 1. The molecule has 1 aromatic rings. The van der Waals surface area contributed by atoms with Crippen molar-refractivity contribution in [2.45, 2.75) is 32.9 Å². The lowest BCUT2D eigenvalue weighted by atomic mass is 9.99. The summed E-state index contributed by atoms with van der Waals surface area (Å²) in [6, 6.07) is 9.56. The van der Waals surface area contributed by atoms with Crippen molar-refractivity contribution in [3.63, 3.8) is 0 Å². The van der Waals surface area contributed by atoms with E-state index >= 15 is 0 Å². The molecule has 0 aliphatic carbocycles. The van der Waals surface area contributed by atoms with Crippen LogP contribution in [0.2, 0.25) is 0 Å². The maximum absolute atomic E-state index is 12.5. The lowest BCUT2D eigenvalue weighted by molar-refractivity contribution is -0.144. The number of hydrogen-bond acceptors (Lipinski definition) is 4. The van der Waals surface area contributed by atoms with E-state index in [0.717, 1.165) is 26.1 Å². The molecular weight excluding hydrogens is 318 g/mol. The minimum Gasteiger partial charge on any atom is -0.467 e. The number of amides is 2. The van der Waals surface area contributed by atoms with Crippen molar-refractivity contribution in [1.29, 1.82) is 0 Å². The van der Waals surface area contributed by atoms with E-state index in [1.807, 2.05) is 32.0 Å². The zero-order valence-electron chi connectivity index (χ0n) is 15.4. The Morgan fingerprint density at radius 3 is 2.36 bits per heavy atom. The molecule has 1 N–H and O–H groups in total. The third-order valence-electron chi connectivity index (χ3n) is 4.86. The number of benzene rings is 1. The highest BCUT2D eigenvalue weighted by Crippen LogP contribution is 2.12. The summed E-state index contributed by atoms with van der Waals surface area (Å²) in [5.74, 6) is -0.346. The summed E-state index contributed by atoms with van der Waals surface area (Å²) >= 11 is 0. The Balaban J connectivity index is 1.84. The lowest BCUT2D eigenvalue weighted by Gasteiger charge is -2.35. The molecule has 6 nitrogen and oxygen atoms in total. The number of nitrogens with zero attached hydrogens (tertiary/aromatic N) is 2.